The van der Waals surface area contributed by atoms with Crippen molar-refractivity contribution in [1.29, 1.82) is 0 Å². The summed E-state index contributed by atoms with van der Waals surface area (Å²) in [6.45, 7) is 0.765. The van der Waals surface area contributed by atoms with Gasteiger partial charge in [0.1, 0.15) is 10.6 Å². The average Bonchev–Trinajstić information content (AvgIpc) is 3.61. The van der Waals surface area contributed by atoms with E-state index in [9.17, 15) is 31.9 Å². The first-order chi connectivity index (χ1) is 20.8. The Bertz CT molecular complexity index is 1670. The molecule has 2 heterocycles. The largest absolute Gasteiger partial charge is 0.495 e. The number of fused-ring (bicyclic) bond motifs is 1. The highest BCUT2D eigenvalue weighted by atomic mass is 32.2. The summed E-state index contributed by atoms with van der Waals surface area (Å²) in [5, 5.41) is 11.6. The topological polar surface area (TPSA) is 120 Å². The molecule has 1 N–H and O–H groups in total. The number of benzene rings is 2. The van der Waals surface area contributed by atoms with E-state index in [1.54, 1.807) is 17.5 Å². The number of methoxy groups -OCH3 is 1. The highest BCUT2D eigenvalue weighted by Gasteiger charge is 2.48. The number of rotatable bonds is 9. The van der Waals surface area contributed by atoms with Crippen LogP contribution in [0.25, 0.3) is 11.3 Å². The Morgan fingerprint density at radius 3 is 2.25 bits per heavy atom. The number of aromatic nitrogens is 1. The van der Waals surface area contributed by atoms with Crippen molar-refractivity contribution in [2.24, 2.45) is 5.41 Å². The fourth-order valence-electron chi connectivity index (χ4n) is 6.16. The van der Waals surface area contributed by atoms with Gasteiger partial charge in [0, 0.05) is 37.1 Å². The van der Waals surface area contributed by atoms with Crippen molar-refractivity contribution in [3.63, 3.8) is 0 Å². The quantitative estimate of drug-likeness (QED) is 0.370. The van der Waals surface area contributed by atoms with Crippen LogP contribution >= 0.6 is 11.3 Å². The maximum absolute atomic E-state index is 13.9. The van der Waals surface area contributed by atoms with Gasteiger partial charge < -0.3 is 14.7 Å². The lowest BCUT2D eigenvalue weighted by Gasteiger charge is -2.34. The molecule has 1 saturated heterocycles. The molecule has 236 valence electrons. The first-order valence-corrected chi connectivity index (χ1v) is 16.3. The number of carboxylic acids is 1. The van der Waals surface area contributed by atoms with Gasteiger partial charge in [-0.1, -0.05) is 0 Å². The van der Waals surface area contributed by atoms with Gasteiger partial charge in [-0.25, -0.2) is 22.2 Å². The predicted molar refractivity (Wildman–Crippen MR) is 161 cm³/mol. The van der Waals surface area contributed by atoms with Crippen molar-refractivity contribution in [2.75, 3.05) is 46.2 Å². The summed E-state index contributed by atoms with van der Waals surface area (Å²) >= 11 is 1.13. The number of aliphatic carboxylic acids is 1. The molecule has 10 nitrogen and oxygen atoms in total. The molecule has 0 spiro atoms. The third kappa shape index (κ3) is 5.95. The molecule has 44 heavy (non-hydrogen) atoms. The molecule has 0 radical (unpaired) electrons. The Hall–Kier alpha value is -3.46. The van der Waals surface area contributed by atoms with Crippen LogP contribution in [-0.2, 0) is 32.5 Å². The van der Waals surface area contributed by atoms with Gasteiger partial charge >= 0.3 is 5.97 Å². The summed E-state index contributed by atoms with van der Waals surface area (Å²) < 4.78 is 62.1. The first-order valence-electron chi connectivity index (χ1n) is 14.0. The van der Waals surface area contributed by atoms with E-state index in [-0.39, 0.29) is 28.6 Å². The van der Waals surface area contributed by atoms with Gasteiger partial charge in [0.25, 0.3) is 0 Å². The lowest BCUT2D eigenvalue weighted by molar-refractivity contribution is -0.144. The molecule has 1 aliphatic carbocycles. The van der Waals surface area contributed by atoms with E-state index in [0.29, 0.717) is 54.4 Å². The molecular formula is C30H34F2N4O6S2. The maximum atomic E-state index is 13.9. The van der Waals surface area contributed by atoms with Crippen LogP contribution in [0.4, 0.5) is 13.9 Å². The molecule has 1 amide bonds. The third-order valence-corrected chi connectivity index (χ3v) is 11.4. The second-order valence-corrected chi connectivity index (χ2v) is 14.3. The van der Waals surface area contributed by atoms with Gasteiger partial charge in [-0.05, 0) is 81.2 Å². The van der Waals surface area contributed by atoms with Gasteiger partial charge in [-0.3, -0.25) is 14.5 Å². The molecular weight excluding hydrogens is 614 g/mol. The molecule has 1 fully saturated rings. The van der Waals surface area contributed by atoms with Crippen LogP contribution in [0.2, 0.25) is 0 Å². The zero-order valence-corrected chi connectivity index (χ0v) is 26.5. The highest BCUT2D eigenvalue weighted by Crippen LogP contribution is 2.43. The number of anilines is 1. The standard InChI is InChI=1S/C30H34F2N4O6S2/c1-34(2)21-7-9-36(10-8-21)44(40,41)26-13-18(5-6-25(26)42-4)24-17-43-29(33-24)35(3)28(39)30(16-27(37)38)14-19-11-22(31)23(32)12-20(19)15-30/h5-6,11-13,17,21H,7-10,14-16H2,1-4H3,(H,37,38). The molecule has 5 rings (SSSR count). The summed E-state index contributed by atoms with van der Waals surface area (Å²) in [5.74, 6) is -3.66. The van der Waals surface area contributed by atoms with E-state index in [4.69, 9.17) is 4.74 Å². The second-order valence-electron chi connectivity index (χ2n) is 11.6. The van der Waals surface area contributed by atoms with Crippen molar-refractivity contribution in [2.45, 2.75) is 43.0 Å². The van der Waals surface area contributed by atoms with Gasteiger partial charge in [0.2, 0.25) is 15.9 Å². The molecule has 0 atom stereocenters. The Kier molecular flexibility index (Phi) is 8.82. The molecule has 0 saturated carbocycles. The Morgan fingerprint density at radius 2 is 1.70 bits per heavy atom. The van der Waals surface area contributed by atoms with E-state index in [1.165, 1.54) is 29.4 Å². The summed E-state index contributed by atoms with van der Waals surface area (Å²) in [5.41, 5.74) is 0.252. The molecule has 1 aliphatic heterocycles. The number of ether oxygens (including phenoxy) is 1. The maximum Gasteiger partial charge on any atom is 0.304 e. The Labute approximate surface area is 258 Å². The molecule has 1 aromatic heterocycles. The summed E-state index contributed by atoms with van der Waals surface area (Å²) in [4.78, 5) is 33.6. The number of amides is 1. The summed E-state index contributed by atoms with van der Waals surface area (Å²) in [6, 6.07) is 7.09. The van der Waals surface area contributed by atoms with Crippen LogP contribution in [0, 0.1) is 17.0 Å². The minimum absolute atomic E-state index is 0.0170. The van der Waals surface area contributed by atoms with Gasteiger partial charge in [0.05, 0.1) is 24.6 Å². The van der Waals surface area contributed by atoms with Crippen molar-refractivity contribution < 1.29 is 36.6 Å². The van der Waals surface area contributed by atoms with Crippen LogP contribution in [0.15, 0.2) is 40.6 Å². The molecule has 2 aromatic carbocycles. The van der Waals surface area contributed by atoms with Crippen molar-refractivity contribution >= 4 is 38.4 Å². The second kappa shape index (κ2) is 12.1. The minimum atomic E-state index is -3.88. The van der Waals surface area contributed by atoms with Gasteiger partial charge in [0.15, 0.2) is 16.8 Å². The highest BCUT2D eigenvalue weighted by molar-refractivity contribution is 7.89. The van der Waals surface area contributed by atoms with Gasteiger partial charge in [-0.15, -0.1) is 11.3 Å². The zero-order chi connectivity index (χ0) is 32.0. The smallest absolute Gasteiger partial charge is 0.304 e. The lowest BCUT2D eigenvalue weighted by Crippen LogP contribution is -2.44. The number of hydrogen-bond acceptors (Lipinski definition) is 8. The lowest BCUT2D eigenvalue weighted by atomic mass is 9.80. The SMILES string of the molecule is COc1ccc(-c2csc(N(C)C(=O)C3(CC(=O)O)Cc4cc(F)c(F)cc4C3)n2)cc1S(=O)(=O)N1CCC(N(C)C)CC1. The molecule has 14 heteroatoms. The van der Waals surface area contributed by atoms with E-state index in [2.05, 4.69) is 9.88 Å². The van der Waals surface area contributed by atoms with E-state index in [1.807, 2.05) is 14.1 Å². The van der Waals surface area contributed by atoms with E-state index < -0.39 is 45.4 Å². The number of carbonyl (C=O) groups excluding carboxylic acids is 1. The number of carbonyl (C=O) groups is 2. The van der Waals surface area contributed by atoms with Crippen molar-refractivity contribution in [3.05, 3.63) is 58.5 Å². The fraction of sp³-hybridized carbons (Fsp3) is 0.433. The van der Waals surface area contributed by atoms with E-state index >= 15 is 0 Å². The third-order valence-electron chi connectivity index (χ3n) is 8.56. The molecule has 2 aliphatic rings. The zero-order valence-electron chi connectivity index (χ0n) is 24.8. The monoisotopic (exact) mass is 648 g/mol. The number of hydrogen-bond donors (Lipinski definition) is 1. The molecule has 0 bridgehead atoms. The van der Waals surface area contributed by atoms with Crippen molar-refractivity contribution in [1.82, 2.24) is 14.2 Å². The number of nitrogens with zero attached hydrogens (tertiary/aromatic N) is 4. The summed E-state index contributed by atoms with van der Waals surface area (Å²) in [6.07, 6.45) is 0.778. The first kappa shape index (κ1) is 31.9. The summed E-state index contributed by atoms with van der Waals surface area (Å²) in [7, 11) is 2.96. The Morgan fingerprint density at radius 1 is 1.09 bits per heavy atom. The predicted octanol–water partition coefficient (Wildman–Crippen LogP) is 4.03. The molecule has 3 aromatic rings. The average molecular weight is 649 g/mol. The number of carboxylic acid groups (broad SMARTS) is 1. The van der Waals surface area contributed by atoms with Crippen LogP contribution in [0.3, 0.4) is 0 Å². The number of halogens is 2. The Balaban J connectivity index is 1.41. The van der Waals surface area contributed by atoms with Crippen LogP contribution in [0.5, 0.6) is 5.75 Å². The normalized spacial score (nSPS) is 17.1. The van der Waals surface area contributed by atoms with Gasteiger partial charge in [-0.2, -0.15) is 4.31 Å². The fourth-order valence-corrected chi connectivity index (χ4v) is 8.61. The van der Waals surface area contributed by atoms with E-state index in [0.717, 1.165) is 23.5 Å². The minimum Gasteiger partial charge on any atom is -0.495 e. The molecule has 0 unspecified atom stereocenters. The number of piperidine rings is 1. The number of thiazole rings is 1. The van der Waals surface area contributed by atoms with Crippen LogP contribution in [0.1, 0.15) is 30.4 Å². The van der Waals surface area contributed by atoms with Crippen LogP contribution < -0.4 is 9.64 Å². The van der Waals surface area contributed by atoms with Crippen molar-refractivity contribution in [3.8, 4) is 17.0 Å². The van der Waals surface area contributed by atoms with Crippen LogP contribution in [-0.4, -0.2) is 87.0 Å². The number of sulfonamides is 1.